The van der Waals surface area contributed by atoms with Gasteiger partial charge in [0.05, 0.1) is 0 Å². The second-order valence-corrected chi connectivity index (χ2v) is 4.11. The van der Waals surface area contributed by atoms with Gasteiger partial charge in [0.15, 0.2) is 0 Å². The van der Waals surface area contributed by atoms with Crippen LogP contribution >= 0.6 is 0 Å². The van der Waals surface area contributed by atoms with Crippen LogP contribution in [0.3, 0.4) is 0 Å². The molecule has 2 rings (SSSR count). The fourth-order valence-corrected chi connectivity index (χ4v) is 1.66. The number of ketones is 1. The number of carbonyl (C=O) groups excluding carboxylic acids is 1. The van der Waals surface area contributed by atoms with E-state index in [0.29, 0.717) is 11.3 Å². The molecule has 0 atom stereocenters. The van der Waals surface area contributed by atoms with Gasteiger partial charge in [-0.3, -0.25) is 9.48 Å². The van der Waals surface area contributed by atoms with Crippen molar-refractivity contribution in [2.75, 3.05) is 19.0 Å². The molecule has 0 radical (unpaired) electrons. The van der Waals surface area contributed by atoms with Crippen molar-refractivity contribution in [2.24, 2.45) is 7.05 Å². The van der Waals surface area contributed by atoms with Gasteiger partial charge in [-0.1, -0.05) is 0 Å². The third kappa shape index (κ3) is 2.20. The minimum absolute atomic E-state index is 0.00435. The molecule has 4 heteroatoms. The first-order valence-electron chi connectivity index (χ1n) is 5.39. The molecule has 0 bridgehead atoms. The zero-order chi connectivity index (χ0) is 12.4. The van der Waals surface area contributed by atoms with Gasteiger partial charge < -0.3 is 4.90 Å². The lowest BCUT2D eigenvalue weighted by atomic mass is 10.1. The van der Waals surface area contributed by atoms with Gasteiger partial charge in [-0.15, -0.1) is 0 Å². The lowest BCUT2D eigenvalue weighted by Crippen LogP contribution is -2.10. The smallest absolute Gasteiger partial charge is 0.211 e. The quantitative estimate of drug-likeness (QED) is 0.752. The minimum Gasteiger partial charge on any atom is -0.378 e. The third-order valence-corrected chi connectivity index (χ3v) is 2.70. The minimum atomic E-state index is -0.00435. The van der Waals surface area contributed by atoms with Crippen LogP contribution in [0.4, 0.5) is 5.69 Å². The van der Waals surface area contributed by atoms with E-state index in [1.165, 1.54) is 0 Å². The third-order valence-electron chi connectivity index (χ3n) is 2.70. The average Bonchev–Trinajstić information content (AvgIpc) is 2.74. The Morgan fingerprint density at radius 2 is 1.82 bits per heavy atom. The van der Waals surface area contributed by atoms with Gasteiger partial charge in [-0.05, 0) is 30.3 Å². The summed E-state index contributed by atoms with van der Waals surface area (Å²) in [7, 11) is 5.71. The van der Waals surface area contributed by atoms with Crippen LogP contribution in [0.15, 0.2) is 36.5 Å². The summed E-state index contributed by atoms with van der Waals surface area (Å²) in [5.41, 5.74) is 2.35. The van der Waals surface area contributed by atoms with Crippen LogP contribution in [0.25, 0.3) is 0 Å². The second-order valence-electron chi connectivity index (χ2n) is 4.11. The van der Waals surface area contributed by atoms with Crippen LogP contribution < -0.4 is 4.90 Å². The molecule has 0 saturated heterocycles. The summed E-state index contributed by atoms with van der Waals surface area (Å²) >= 11 is 0. The Labute approximate surface area is 100 Å². The van der Waals surface area contributed by atoms with E-state index >= 15 is 0 Å². The molecule has 0 unspecified atom stereocenters. The van der Waals surface area contributed by atoms with Crippen LogP contribution in [-0.2, 0) is 7.05 Å². The summed E-state index contributed by atoms with van der Waals surface area (Å²) in [6, 6.07) is 9.27. The molecule has 0 aliphatic heterocycles. The van der Waals surface area contributed by atoms with Gasteiger partial charge in [0.2, 0.25) is 5.78 Å². The van der Waals surface area contributed by atoms with E-state index in [9.17, 15) is 4.79 Å². The monoisotopic (exact) mass is 229 g/mol. The molecule has 0 saturated carbocycles. The number of carbonyl (C=O) groups is 1. The van der Waals surface area contributed by atoms with Gasteiger partial charge in [0.25, 0.3) is 0 Å². The molecule has 0 aliphatic carbocycles. The topological polar surface area (TPSA) is 38.1 Å². The highest BCUT2D eigenvalue weighted by Gasteiger charge is 2.12. The maximum atomic E-state index is 12.1. The summed E-state index contributed by atoms with van der Waals surface area (Å²) in [5.74, 6) is -0.00435. The maximum Gasteiger partial charge on any atom is 0.211 e. The molecule has 0 amide bonds. The van der Waals surface area contributed by atoms with E-state index in [-0.39, 0.29) is 5.78 Å². The molecule has 88 valence electrons. The van der Waals surface area contributed by atoms with Crippen molar-refractivity contribution >= 4 is 11.5 Å². The summed E-state index contributed by atoms with van der Waals surface area (Å²) in [4.78, 5) is 14.1. The van der Waals surface area contributed by atoms with E-state index in [2.05, 4.69) is 5.10 Å². The van der Waals surface area contributed by atoms with Crippen LogP contribution in [-0.4, -0.2) is 29.7 Å². The molecule has 1 heterocycles. The molecule has 2 aromatic rings. The predicted molar refractivity (Wildman–Crippen MR) is 67.4 cm³/mol. The molecule has 1 aromatic carbocycles. The summed E-state index contributed by atoms with van der Waals surface area (Å²) in [5, 5.41) is 4.00. The standard InChI is InChI=1S/C13H15N3O/c1-15(2)11-6-4-10(5-7-11)13(17)12-8-9-14-16(12)3/h4-9H,1-3H3. The summed E-state index contributed by atoms with van der Waals surface area (Å²) in [6.45, 7) is 0. The van der Waals surface area contributed by atoms with Crippen molar-refractivity contribution in [3.63, 3.8) is 0 Å². The number of benzene rings is 1. The SMILES string of the molecule is CN(C)c1ccc(C(=O)c2ccnn2C)cc1. The summed E-state index contributed by atoms with van der Waals surface area (Å²) < 4.78 is 1.59. The normalized spacial score (nSPS) is 10.3. The van der Waals surface area contributed by atoms with Gasteiger partial charge in [-0.25, -0.2) is 0 Å². The van der Waals surface area contributed by atoms with Crippen LogP contribution in [0.5, 0.6) is 0 Å². The van der Waals surface area contributed by atoms with Gasteiger partial charge >= 0.3 is 0 Å². The Bertz CT molecular complexity index is 526. The molecular weight excluding hydrogens is 214 g/mol. The Balaban J connectivity index is 2.29. The van der Waals surface area contributed by atoms with Crippen molar-refractivity contribution < 1.29 is 4.79 Å². The Kier molecular flexibility index (Phi) is 2.95. The van der Waals surface area contributed by atoms with E-state index in [1.54, 1.807) is 24.0 Å². The van der Waals surface area contributed by atoms with E-state index in [4.69, 9.17) is 0 Å². The second kappa shape index (κ2) is 4.41. The Morgan fingerprint density at radius 3 is 2.29 bits per heavy atom. The number of nitrogens with zero attached hydrogens (tertiary/aromatic N) is 3. The van der Waals surface area contributed by atoms with Crippen molar-refractivity contribution in [3.05, 3.63) is 47.8 Å². The highest BCUT2D eigenvalue weighted by Crippen LogP contribution is 2.15. The van der Waals surface area contributed by atoms with Crippen molar-refractivity contribution in [1.29, 1.82) is 0 Å². The fraction of sp³-hybridized carbons (Fsp3) is 0.231. The first-order chi connectivity index (χ1) is 8.09. The van der Waals surface area contributed by atoms with E-state index < -0.39 is 0 Å². The van der Waals surface area contributed by atoms with Crippen molar-refractivity contribution in [3.8, 4) is 0 Å². The molecule has 1 aromatic heterocycles. The highest BCUT2D eigenvalue weighted by atomic mass is 16.1. The average molecular weight is 229 g/mol. The van der Waals surface area contributed by atoms with Crippen LogP contribution in [0, 0.1) is 0 Å². The molecule has 0 fully saturated rings. The number of aromatic nitrogens is 2. The van der Waals surface area contributed by atoms with Crippen LogP contribution in [0.2, 0.25) is 0 Å². The maximum absolute atomic E-state index is 12.1. The first-order valence-corrected chi connectivity index (χ1v) is 5.39. The number of aryl methyl sites for hydroxylation is 1. The number of hydrogen-bond acceptors (Lipinski definition) is 3. The largest absolute Gasteiger partial charge is 0.378 e. The van der Waals surface area contributed by atoms with Crippen LogP contribution in [0.1, 0.15) is 16.1 Å². The lowest BCUT2D eigenvalue weighted by Gasteiger charge is -2.12. The van der Waals surface area contributed by atoms with Gasteiger partial charge in [0.1, 0.15) is 5.69 Å². The van der Waals surface area contributed by atoms with Gasteiger partial charge in [0, 0.05) is 38.6 Å². The highest BCUT2D eigenvalue weighted by molar-refractivity contribution is 6.07. The first kappa shape index (κ1) is 11.4. The zero-order valence-electron chi connectivity index (χ0n) is 10.2. The predicted octanol–water partition coefficient (Wildman–Crippen LogP) is 1.72. The number of hydrogen-bond donors (Lipinski definition) is 0. The fourth-order valence-electron chi connectivity index (χ4n) is 1.66. The molecule has 17 heavy (non-hydrogen) atoms. The number of anilines is 1. The molecule has 0 N–H and O–H groups in total. The van der Waals surface area contributed by atoms with Gasteiger partial charge in [-0.2, -0.15) is 5.10 Å². The lowest BCUT2D eigenvalue weighted by molar-refractivity contribution is 0.103. The number of rotatable bonds is 3. The molecular formula is C13H15N3O. The van der Waals surface area contributed by atoms with Crippen molar-refractivity contribution in [2.45, 2.75) is 0 Å². The molecule has 0 spiro atoms. The Morgan fingerprint density at radius 1 is 1.18 bits per heavy atom. The summed E-state index contributed by atoms with van der Waals surface area (Å²) in [6.07, 6.45) is 1.63. The van der Waals surface area contributed by atoms with Crippen molar-refractivity contribution in [1.82, 2.24) is 9.78 Å². The Hall–Kier alpha value is -2.10. The van der Waals surface area contributed by atoms with E-state index in [0.717, 1.165) is 5.69 Å². The zero-order valence-corrected chi connectivity index (χ0v) is 10.2. The molecule has 4 nitrogen and oxygen atoms in total. The molecule has 0 aliphatic rings. The van der Waals surface area contributed by atoms with E-state index in [1.807, 2.05) is 43.3 Å².